The van der Waals surface area contributed by atoms with E-state index < -0.39 is 0 Å². The lowest BCUT2D eigenvalue weighted by atomic mass is 10.5. The molecule has 0 aliphatic carbocycles. The van der Waals surface area contributed by atoms with Crippen molar-refractivity contribution in [3.63, 3.8) is 0 Å². The van der Waals surface area contributed by atoms with Gasteiger partial charge in [0.25, 0.3) is 5.36 Å². The van der Waals surface area contributed by atoms with Gasteiger partial charge in [-0.05, 0) is 20.8 Å². The molecule has 1 rings (SSSR count). The van der Waals surface area contributed by atoms with Gasteiger partial charge >= 0.3 is 0 Å². The van der Waals surface area contributed by atoms with Crippen molar-refractivity contribution in [1.29, 1.82) is 0 Å². The van der Waals surface area contributed by atoms with Gasteiger partial charge in [-0.2, -0.15) is 0 Å². The van der Waals surface area contributed by atoms with Crippen molar-refractivity contribution in [3.05, 3.63) is 5.36 Å². The fraction of sp³-hybridized carbons (Fsp3) is 0.750. The summed E-state index contributed by atoms with van der Waals surface area (Å²) in [5.41, 5.74) is 2.84. The molecule has 94 valence electrons. The first kappa shape index (κ1) is 15.3. The Hall–Kier alpha value is -0.700. The van der Waals surface area contributed by atoms with Crippen LogP contribution in [-0.2, 0) is 0 Å². The summed E-state index contributed by atoms with van der Waals surface area (Å²) in [5, 5.41) is 1.42. The smallest absolute Gasteiger partial charge is 0.251 e. The minimum atomic E-state index is 0. The second kappa shape index (κ2) is 6.14. The topological polar surface area (TPSA) is 9.49 Å². The maximum absolute atomic E-state index is 2.32. The second-order valence-corrected chi connectivity index (χ2v) is 4.09. The van der Waals surface area contributed by atoms with Crippen LogP contribution in [0.2, 0.25) is 0 Å². The Labute approximate surface area is 105 Å². The number of rotatable bonds is 5. The molecule has 3 nitrogen and oxygen atoms in total. The zero-order valence-electron chi connectivity index (χ0n) is 11.3. The minimum absolute atomic E-state index is 0. The molecule has 0 aromatic heterocycles. The number of hydrogen-bond donors (Lipinski definition) is 0. The van der Waals surface area contributed by atoms with Crippen LogP contribution in [0.3, 0.4) is 0 Å². The summed E-state index contributed by atoms with van der Waals surface area (Å²) in [6.07, 6.45) is 0. The number of hydrogen-bond acceptors (Lipinski definition) is 2. The quantitative estimate of drug-likeness (QED) is 0.550. The summed E-state index contributed by atoms with van der Waals surface area (Å²) < 4.78 is 2.32. The molecule has 0 atom stereocenters. The van der Waals surface area contributed by atoms with Crippen molar-refractivity contribution in [1.82, 2.24) is 4.58 Å². The molecule has 0 heterocycles. The van der Waals surface area contributed by atoms with Gasteiger partial charge in [0.1, 0.15) is 25.0 Å². The van der Waals surface area contributed by atoms with Gasteiger partial charge in [0.2, 0.25) is 0 Å². The lowest BCUT2D eigenvalue weighted by Gasteiger charge is -2.13. The molecule has 1 aromatic carbocycles. The summed E-state index contributed by atoms with van der Waals surface area (Å²) in [6.45, 7) is 9.78. The minimum Gasteiger partial charge on any atom is -1.00 e. The Balaban J connectivity index is 0.00000225. The third-order valence-electron chi connectivity index (χ3n) is 3.18. The van der Waals surface area contributed by atoms with E-state index in [-0.39, 0.29) is 12.4 Å². The Morgan fingerprint density at radius 3 is 1.56 bits per heavy atom. The molecule has 0 spiro atoms. The standard InChI is InChI=1S/C12H24N3.ClH/c1-7-13(4)10-11(14(5)8-2)12(10)15(6)9-3;/h7-9H2,1-6H3;1H/q+1;/p-1. The molecule has 0 saturated carbocycles. The Morgan fingerprint density at radius 2 is 1.31 bits per heavy atom. The molecule has 0 bridgehead atoms. The molecule has 0 aliphatic heterocycles. The van der Waals surface area contributed by atoms with Gasteiger partial charge in [-0.1, -0.05) is 0 Å². The van der Waals surface area contributed by atoms with Gasteiger partial charge in [-0.25, -0.2) is 4.58 Å². The van der Waals surface area contributed by atoms with E-state index in [2.05, 4.69) is 56.3 Å². The van der Waals surface area contributed by atoms with Crippen LogP contribution in [0.15, 0.2) is 0 Å². The van der Waals surface area contributed by atoms with E-state index in [4.69, 9.17) is 0 Å². The third-order valence-corrected chi connectivity index (χ3v) is 3.18. The highest BCUT2D eigenvalue weighted by molar-refractivity contribution is 5.84. The fourth-order valence-corrected chi connectivity index (χ4v) is 1.72. The molecule has 0 radical (unpaired) electrons. The molecule has 4 heteroatoms. The molecular weight excluding hydrogens is 222 g/mol. The Bertz CT molecular complexity index is 325. The van der Waals surface area contributed by atoms with Gasteiger partial charge in [-0.3, -0.25) is 0 Å². The van der Waals surface area contributed by atoms with Crippen LogP contribution in [0, 0.1) is 0 Å². The normalized spacial score (nSPS) is 10.1. The average molecular weight is 246 g/mol. The summed E-state index contributed by atoms with van der Waals surface area (Å²) >= 11 is 0. The van der Waals surface area contributed by atoms with Crippen molar-refractivity contribution in [3.8, 4) is 0 Å². The summed E-state index contributed by atoms with van der Waals surface area (Å²) in [6, 6.07) is 0. The van der Waals surface area contributed by atoms with Crippen molar-refractivity contribution >= 4 is 11.4 Å². The van der Waals surface area contributed by atoms with Gasteiger partial charge < -0.3 is 22.2 Å². The first-order valence-corrected chi connectivity index (χ1v) is 5.83. The summed E-state index contributed by atoms with van der Waals surface area (Å²) in [4.78, 5) is 4.64. The van der Waals surface area contributed by atoms with Crippen LogP contribution in [-0.4, -0.2) is 40.8 Å². The molecule has 0 aliphatic rings. The van der Waals surface area contributed by atoms with Crippen LogP contribution >= 0.6 is 0 Å². The molecule has 0 amide bonds. The van der Waals surface area contributed by atoms with Crippen LogP contribution in [0.4, 0.5) is 11.4 Å². The van der Waals surface area contributed by atoms with E-state index in [0.717, 1.165) is 19.6 Å². The number of halogens is 1. The Kier molecular flexibility index (Phi) is 5.87. The molecule has 0 fully saturated rings. The van der Waals surface area contributed by atoms with E-state index in [1.807, 2.05) is 0 Å². The molecule has 0 saturated heterocycles. The molecule has 0 N–H and O–H groups in total. The zero-order valence-corrected chi connectivity index (χ0v) is 12.1. The van der Waals surface area contributed by atoms with Crippen molar-refractivity contribution in [2.24, 2.45) is 0 Å². The monoisotopic (exact) mass is 245 g/mol. The van der Waals surface area contributed by atoms with E-state index in [1.165, 1.54) is 16.7 Å². The van der Waals surface area contributed by atoms with E-state index >= 15 is 0 Å². The van der Waals surface area contributed by atoms with Crippen molar-refractivity contribution in [2.45, 2.75) is 20.8 Å². The van der Waals surface area contributed by atoms with Gasteiger partial charge in [0.15, 0.2) is 0 Å². The van der Waals surface area contributed by atoms with Gasteiger partial charge in [0, 0.05) is 27.2 Å². The molecule has 0 unspecified atom stereocenters. The first-order chi connectivity index (χ1) is 7.08. The number of anilines is 2. The largest absolute Gasteiger partial charge is 1.00 e. The molecule has 16 heavy (non-hydrogen) atoms. The molecular formula is C12H24ClN3. The van der Waals surface area contributed by atoms with E-state index in [0.29, 0.717) is 0 Å². The van der Waals surface area contributed by atoms with E-state index in [9.17, 15) is 0 Å². The maximum Gasteiger partial charge on any atom is 0.251 e. The summed E-state index contributed by atoms with van der Waals surface area (Å²) in [7, 11) is 6.49. The van der Waals surface area contributed by atoms with Crippen molar-refractivity contribution < 1.29 is 12.4 Å². The van der Waals surface area contributed by atoms with E-state index in [1.54, 1.807) is 0 Å². The molecule has 1 aromatic rings. The van der Waals surface area contributed by atoms with Crippen LogP contribution in [0.1, 0.15) is 20.8 Å². The maximum atomic E-state index is 2.32. The average Bonchev–Trinajstić information content (AvgIpc) is 3.00. The van der Waals surface area contributed by atoms with Crippen LogP contribution in [0.5, 0.6) is 0 Å². The lowest BCUT2D eigenvalue weighted by molar-refractivity contribution is -0.00000339. The summed E-state index contributed by atoms with van der Waals surface area (Å²) in [5.74, 6) is 0. The van der Waals surface area contributed by atoms with Crippen LogP contribution in [0.25, 0.3) is 0 Å². The highest BCUT2D eigenvalue weighted by atomic mass is 35.5. The van der Waals surface area contributed by atoms with Crippen molar-refractivity contribution in [2.75, 3.05) is 50.6 Å². The Morgan fingerprint density at radius 1 is 0.938 bits per heavy atom. The predicted octanol–water partition coefficient (Wildman–Crippen LogP) is -2.10. The van der Waals surface area contributed by atoms with Crippen LogP contribution < -0.4 is 32.1 Å². The fourth-order valence-electron chi connectivity index (χ4n) is 1.72. The first-order valence-electron chi connectivity index (χ1n) is 5.83. The third kappa shape index (κ3) is 2.70. The zero-order chi connectivity index (χ0) is 11.6. The number of nitrogens with zero attached hydrogens (tertiary/aromatic N) is 3. The lowest BCUT2D eigenvalue weighted by Crippen LogP contribution is -3.00. The highest BCUT2D eigenvalue weighted by Crippen LogP contribution is 2.30. The predicted molar refractivity (Wildman–Crippen MR) is 68.4 cm³/mol. The van der Waals surface area contributed by atoms with Gasteiger partial charge in [0.05, 0.1) is 0 Å². The van der Waals surface area contributed by atoms with Gasteiger partial charge in [-0.15, -0.1) is 0 Å². The second-order valence-electron chi connectivity index (χ2n) is 4.09. The SMILES string of the molecule is CCN(C)c1c(N(C)CC)c1=[N+](C)CC.[Cl-]. The highest BCUT2D eigenvalue weighted by Gasteiger charge is 2.32.